The smallest absolute Gasteiger partial charge is 0.444 e. The van der Waals surface area contributed by atoms with Gasteiger partial charge >= 0.3 is 7.60 Å². The van der Waals surface area contributed by atoms with E-state index in [4.69, 9.17) is 13.8 Å². The third-order valence-corrected chi connectivity index (χ3v) is 7.52. The lowest BCUT2D eigenvalue weighted by atomic mass is 9.99. The number of ether oxygens (including phenoxy) is 1. The Morgan fingerprint density at radius 1 is 0.846 bits per heavy atom. The second-order valence-corrected chi connectivity index (χ2v) is 10.6. The van der Waals surface area contributed by atoms with Crippen molar-refractivity contribution in [2.24, 2.45) is 0 Å². The lowest BCUT2D eigenvalue weighted by Gasteiger charge is -2.23. The second kappa shape index (κ2) is 12.4. The van der Waals surface area contributed by atoms with Crippen LogP contribution in [0.4, 0.5) is 0 Å². The van der Waals surface area contributed by atoms with Crippen molar-refractivity contribution in [3.05, 3.63) is 121 Å². The summed E-state index contributed by atoms with van der Waals surface area (Å²) in [5.41, 5.74) is 3.02. The van der Waals surface area contributed by atoms with Crippen LogP contribution in [-0.4, -0.2) is 34.0 Å². The molecule has 0 amide bonds. The lowest BCUT2D eigenvalue weighted by Crippen LogP contribution is -2.27. The maximum atomic E-state index is 14.0. The zero-order valence-electron chi connectivity index (χ0n) is 21.3. The van der Waals surface area contributed by atoms with Gasteiger partial charge in [0, 0.05) is 5.56 Å². The number of methoxy groups -OCH3 is 1. The second-order valence-electron chi connectivity index (χ2n) is 8.71. The van der Waals surface area contributed by atoms with Crippen LogP contribution in [-0.2, 0) is 11.0 Å². The molecule has 9 nitrogen and oxygen atoms in total. The van der Waals surface area contributed by atoms with Crippen LogP contribution in [0.1, 0.15) is 17.4 Å². The number of benzene rings is 4. The van der Waals surface area contributed by atoms with Crippen LogP contribution in [0, 0.1) is 0 Å². The fourth-order valence-electron chi connectivity index (χ4n) is 4.12. The van der Waals surface area contributed by atoms with Gasteiger partial charge in [-0.2, -0.15) is 5.21 Å². The van der Waals surface area contributed by atoms with Gasteiger partial charge in [-0.05, 0) is 47.9 Å². The summed E-state index contributed by atoms with van der Waals surface area (Å²) in [6.45, 7) is 0. The molecule has 1 aromatic heterocycles. The molecule has 2 N–H and O–H groups in total. The molecular formula is C29H28N5O4P. The van der Waals surface area contributed by atoms with Crippen LogP contribution >= 0.6 is 7.60 Å². The summed E-state index contributed by atoms with van der Waals surface area (Å²) in [5.74, 6) is 2.05. The van der Waals surface area contributed by atoms with Gasteiger partial charge in [0.1, 0.15) is 23.5 Å². The van der Waals surface area contributed by atoms with E-state index in [2.05, 4.69) is 25.9 Å². The highest BCUT2D eigenvalue weighted by Crippen LogP contribution is 2.48. The largest absolute Gasteiger partial charge is 0.496 e. The van der Waals surface area contributed by atoms with E-state index in [-0.39, 0.29) is 6.29 Å². The van der Waals surface area contributed by atoms with Crippen molar-refractivity contribution in [2.45, 2.75) is 12.5 Å². The highest BCUT2D eigenvalue weighted by atomic mass is 31.2. The molecule has 0 aliphatic heterocycles. The quantitative estimate of drug-likeness (QED) is 0.184. The molecule has 0 radical (unpaired) electrons. The molecule has 0 saturated heterocycles. The van der Waals surface area contributed by atoms with Gasteiger partial charge in [-0.3, -0.25) is 5.32 Å². The fourth-order valence-corrected chi connectivity index (χ4v) is 5.61. The summed E-state index contributed by atoms with van der Waals surface area (Å²) in [4.78, 5) is 0. The number of para-hydroxylation sites is 2. The van der Waals surface area contributed by atoms with Gasteiger partial charge in [0.05, 0.1) is 13.2 Å². The van der Waals surface area contributed by atoms with E-state index in [1.807, 2.05) is 84.9 Å². The minimum atomic E-state index is -3.71. The minimum absolute atomic E-state index is 0.102. The molecule has 198 valence electrons. The molecule has 1 heterocycles. The zero-order valence-corrected chi connectivity index (χ0v) is 22.2. The number of hydrogen-bond acceptors (Lipinski definition) is 8. The van der Waals surface area contributed by atoms with E-state index < -0.39 is 13.6 Å². The molecule has 5 aromatic rings. The first-order chi connectivity index (χ1) is 19.1. The molecule has 0 saturated carbocycles. The summed E-state index contributed by atoms with van der Waals surface area (Å²) in [7, 11) is -2.06. The third-order valence-electron chi connectivity index (χ3n) is 5.97. The van der Waals surface area contributed by atoms with Gasteiger partial charge in [-0.25, -0.2) is 4.57 Å². The van der Waals surface area contributed by atoms with E-state index >= 15 is 0 Å². The Morgan fingerprint density at radius 2 is 1.46 bits per heavy atom. The summed E-state index contributed by atoms with van der Waals surface area (Å²) in [6, 6.07) is 33.5. The fraction of sp³-hybridized carbons (Fsp3) is 0.138. The van der Waals surface area contributed by atoms with Gasteiger partial charge in [-0.15, -0.1) is 10.2 Å². The number of tetrazole rings is 1. The number of aromatic amines is 1. The van der Waals surface area contributed by atoms with Crippen molar-refractivity contribution >= 4 is 7.60 Å². The molecule has 0 spiro atoms. The summed E-state index contributed by atoms with van der Waals surface area (Å²) >= 11 is 0. The van der Waals surface area contributed by atoms with Gasteiger partial charge < -0.3 is 13.8 Å². The Kier molecular flexibility index (Phi) is 8.31. The maximum Gasteiger partial charge on any atom is 0.444 e. The van der Waals surface area contributed by atoms with Crippen molar-refractivity contribution in [1.82, 2.24) is 25.9 Å². The molecule has 0 bridgehead atoms. The number of nitrogens with one attached hydrogen (secondary N) is 2. The third kappa shape index (κ3) is 6.90. The number of hydrogen-bond donors (Lipinski definition) is 2. The monoisotopic (exact) mass is 541 g/mol. The van der Waals surface area contributed by atoms with Crippen LogP contribution < -0.4 is 19.1 Å². The Labute approximate surface area is 226 Å². The highest BCUT2D eigenvalue weighted by molar-refractivity contribution is 7.54. The summed E-state index contributed by atoms with van der Waals surface area (Å²) in [5, 5.41) is 17.9. The topological polar surface area (TPSA) is 111 Å². The van der Waals surface area contributed by atoms with Crippen LogP contribution in [0.5, 0.6) is 17.2 Å². The predicted molar refractivity (Wildman–Crippen MR) is 149 cm³/mol. The Balaban J connectivity index is 1.38. The van der Waals surface area contributed by atoms with Crippen molar-refractivity contribution in [1.29, 1.82) is 0 Å². The minimum Gasteiger partial charge on any atom is -0.496 e. The lowest BCUT2D eigenvalue weighted by molar-refractivity contribution is 0.374. The Morgan fingerprint density at radius 3 is 2.03 bits per heavy atom. The van der Waals surface area contributed by atoms with Crippen LogP contribution in [0.3, 0.4) is 0 Å². The van der Waals surface area contributed by atoms with Crippen molar-refractivity contribution < 1.29 is 18.3 Å². The summed E-state index contributed by atoms with van der Waals surface area (Å²) in [6.07, 6.45) is 0.372. The molecule has 39 heavy (non-hydrogen) atoms. The molecule has 0 aliphatic carbocycles. The SMILES string of the molecule is COc1cc(C[C@H](NCP(=O)(Oc2ccccc2)Oc2ccccc2)c2nn[nH]n2)ccc1-c1ccccc1. The average molecular weight is 542 g/mol. The molecule has 10 heteroatoms. The van der Waals surface area contributed by atoms with E-state index in [0.717, 1.165) is 22.4 Å². The van der Waals surface area contributed by atoms with E-state index in [9.17, 15) is 4.57 Å². The van der Waals surface area contributed by atoms with Gasteiger partial charge in [0.2, 0.25) is 0 Å². The average Bonchev–Trinajstić information content (AvgIpc) is 3.52. The Hall–Kier alpha value is -4.46. The maximum absolute atomic E-state index is 14.0. The van der Waals surface area contributed by atoms with Crippen molar-refractivity contribution in [3.8, 4) is 28.4 Å². The van der Waals surface area contributed by atoms with Gasteiger partial charge in [0.25, 0.3) is 0 Å². The molecule has 0 aliphatic rings. The van der Waals surface area contributed by atoms with Crippen molar-refractivity contribution in [3.63, 3.8) is 0 Å². The number of H-pyrrole nitrogens is 1. The first kappa shape index (κ1) is 26.2. The molecule has 0 fully saturated rings. The van der Waals surface area contributed by atoms with Gasteiger partial charge in [-0.1, -0.05) is 84.1 Å². The molecular weight excluding hydrogens is 513 g/mol. The predicted octanol–water partition coefficient (Wildman–Crippen LogP) is 6.06. The van der Waals surface area contributed by atoms with Crippen molar-refractivity contribution in [2.75, 3.05) is 13.4 Å². The number of nitrogens with zero attached hydrogens (tertiary/aromatic N) is 3. The molecule has 4 aromatic carbocycles. The molecule has 1 atom stereocenters. The van der Waals surface area contributed by atoms with Gasteiger partial charge in [0.15, 0.2) is 5.82 Å². The molecule has 5 rings (SSSR count). The van der Waals surface area contributed by atoms with E-state index in [0.29, 0.717) is 23.7 Å². The first-order valence-electron chi connectivity index (χ1n) is 12.4. The first-order valence-corrected chi connectivity index (χ1v) is 14.1. The highest BCUT2D eigenvalue weighted by Gasteiger charge is 2.31. The van der Waals surface area contributed by atoms with Crippen LogP contribution in [0.2, 0.25) is 0 Å². The molecule has 0 unspecified atom stereocenters. The van der Waals surface area contributed by atoms with Crippen LogP contribution in [0.25, 0.3) is 11.1 Å². The zero-order chi connectivity index (χ0) is 26.9. The van der Waals surface area contributed by atoms with E-state index in [1.165, 1.54) is 0 Å². The van der Waals surface area contributed by atoms with Crippen LogP contribution in [0.15, 0.2) is 109 Å². The normalized spacial score (nSPS) is 12.0. The standard InChI is InChI=1S/C29H28N5O4P/c1-36-28-20-22(17-18-26(28)23-11-5-2-6-12-23)19-27(29-31-33-34-32-29)30-21-39(35,37-24-13-7-3-8-14-24)38-25-15-9-4-10-16-25/h2-18,20,27,30H,19,21H2,1H3,(H,31,32,33,34)/t27-/m0/s1. The van der Waals surface area contributed by atoms with E-state index in [1.54, 1.807) is 31.4 Å². The number of aromatic nitrogens is 4. The summed E-state index contributed by atoms with van der Waals surface area (Å²) < 4.78 is 31.5. The Bertz CT molecular complexity index is 1460. The number of rotatable bonds is 12.